The lowest BCUT2D eigenvalue weighted by atomic mass is 10.1. The van der Waals surface area contributed by atoms with Crippen LogP contribution in [-0.2, 0) is 21.4 Å². The summed E-state index contributed by atoms with van der Waals surface area (Å²) < 4.78 is 32.8. The Morgan fingerprint density at radius 2 is 1.74 bits per heavy atom. The number of methoxy groups -OCH3 is 1. The minimum atomic E-state index is -3.66. The molecule has 0 aliphatic rings. The molecule has 6 nitrogen and oxygen atoms in total. The van der Waals surface area contributed by atoms with Crippen molar-refractivity contribution in [1.29, 1.82) is 0 Å². The fourth-order valence-electron chi connectivity index (χ4n) is 3.03. The molecule has 1 amide bonds. The molecule has 2 aromatic rings. The van der Waals surface area contributed by atoms with Gasteiger partial charge in [-0.15, -0.1) is 0 Å². The molecule has 0 fully saturated rings. The lowest BCUT2D eigenvalue weighted by Gasteiger charge is -2.13. The minimum Gasteiger partial charge on any atom is -0.497 e. The van der Waals surface area contributed by atoms with Gasteiger partial charge in [0.05, 0.1) is 12.0 Å². The molecule has 0 unspecified atom stereocenters. The standard InChI is InChI=1S/C20H26N2O4S/c1-14-10-15(2)20(16(3)11-14)27(24,25)22-9-8-19(23)21-13-17-6-5-7-18(12-17)26-4/h5-7,10-12,22H,8-9,13H2,1-4H3,(H,21,23). The number of carbonyl (C=O) groups excluding carboxylic acids is 1. The Morgan fingerprint density at radius 1 is 1.07 bits per heavy atom. The van der Waals surface area contributed by atoms with E-state index in [-0.39, 0.29) is 23.8 Å². The fourth-order valence-corrected chi connectivity index (χ4v) is 4.51. The number of amides is 1. The van der Waals surface area contributed by atoms with Crippen molar-refractivity contribution in [1.82, 2.24) is 10.0 Å². The van der Waals surface area contributed by atoms with Gasteiger partial charge < -0.3 is 10.1 Å². The van der Waals surface area contributed by atoms with E-state index in [9.17, 15) is 13.2 Å². The van der Waals surface area contributed by atoms with E-state index < -0.39 is 10.0 Å². The summed E-state index contributed by atoms with van der Waals surface area (Å²) in [4.78, 5) is 12.3. The quantitative estimate of drug-likeness (QED) is 0.726. The van der Waals surface area contributed by atoms with E-state index in [1.165, 1.54) is 0 Å². The number of hydrogen-bond acceptors (Lipinski definition) is 4. The number of carbonyl (C=O) groups is 1. The summed E-state index contributed by atoms with van der Waals surface area (Å²) in [6, 6.07) is 11.1. The van der Waals surface area contributed by atoms with Crippen LogP contribution < -0.4 is 14.8 Å². The first kappa shape index (κ1) is 20.9. The van der Waals surface area contributed by atoms with E-state index in [2.05, 4.69) is 10.0 Å². The van der Waals surface area contributed by atoms with Gasteiger partial charge in [0.1, 0.15) is 5.75 Å². The second-order valence-electron chi connectivity index (χ2n) is 6.50. The van der Waals surface area contributed by atoms with Crippen LogP contribution in [0.1, 0.15) is 28.7 Å². The zero-order valence-corrected chi connectivity index (χ0v) is 16.9. The van der Waals surface area contributed by atoms with Gasteiger partial charge in [0.25, 0.3) is 0 Å². The van der Waals surface area contributed by atoms with E-state index in [4.69, 9.17) is 4.74 Å². The number of benzene rings is 2. The Morgan fingerprint density at radius 3 is 2.37 bits per heavy atom. The molecule has 0 aliphatic heterocycles. The molecule has 0 heterocycles. The smallest absolute Gasteiger partial charge is 0.241 e. The van der Waals surface area contributed by atoms with Crippen LogP contribution >= 0.6 is 0 Å². The van der Waals surface area contributed by atoms with Gasteiger partial charge in [0, 0.05) is 19.5 Å². The maximum absolute atomic E-state index is 12.6. The maximum Gasteiger partial charge on any atom is 0.241 e. The Kier molecular flexibility index (Phi) is 6.98. The average Bonchev–Trinajstić information content (AvgIpc) is 2.58. The summed E-state index contributed by atoms with van der Waals surface area (Å²) in [6.07, 6.45) is 0.0627. The van der Waals surface area contributed by atoms with Gasteiger partial charge in [-0.1, -0.05) is 29.8 Å². The molecular formula is C20H26N2O4S. The zero-order chi connectivity index (χ0) is 20.0. The summed E-state index contributed by atoms with van der Waals surface area (Å²) in [7, 11) is -2.07. The van der Waals surface area contributed by atoms with E-state index in [1.807, 2.05) is 43.3 Å². The van der Waals surface area contributed by atoms with E-state index in [0.717, 1.165) is 16.9 Å². The Balaban J connectivity index is 1.88. The van der Waals surface area contributed by atoms with Gasteiger partial charge in [-0.05, 0) is 49.6 Å². The Labute approximate surface area is 161 Å². The molecule has 2 N–H and O–H groups in total. The Bertz CT molecular complexity index is 900. The topological polar surface area (TPSA) is 84.5 Å². The van der Waals surface area contributed by atoms with Gasteiger partial charge in [-0.3, -0.25) is 4.79 Å². The number of hydrogen-bond donors (Lipinski definition) is 2. The first-order chi connectivity index (χ1) is 12.7. The first-order valence-corrected chi connectivity index (χ1v) is 10.2. The van der Waals surface area contributed by atoms with Gasteiger partial charge in [0.15, 0.2) is 0 Å². The average molecular weight is 391 g/mol. The van der Waals surface area contributed by atoms with Crippen molar-refractivity contribution in [3.05, 3.63) is 58.7 Å². The van der Waals surface area contributed by atoms with Gasteiger partial charge in [-0.25, -0.2) is 13.1 Å². The highest BCUT2D eigenvalue weighted by atomic mass is 32.2. The highest BCUT2D eigenvalue weighted by Crippen LogP contribution is 2.21. The fraction of sp³-hybridized carbons (Fsp3) is 0.350. The van der Waals surface area contributed by atoms with Crippen molar-refractivity contribution in [2.45, 2.75) is 38.6 Å². The SMILES string of the molecule is COc1cccc(CNC(=O)CCNS(=O)(=O)c2c(C)cc(C)cc2C)c1. The summed E-state index contributed by atoms with van der Waals surface area (Å²) in [5.41, 5.74) is 3.32. The molecule has 0 radical (unpaired) electrons. The number of rotatable bonds is 8. The summed E-state index contributed by atoms with van der Waals surface area (Å²) in [5.74, 6) is 0.496. The van der Waals surface area contributed by atoms with Crippen LogP contribution in [0.2, 0.25) is 0 Å². The van der Waals surface area contributed by atoms with Gasteiger partial charge >= 0.3 is 0 Å². The van der Waals surface area contributed by atoms with Crippen molar-refractivity contribution in [3.63, 3.8) is 0 Å². The second kappa shape index (κ2) is 9.01. The predicted molar refractivity (Wildman–Crippen MR) is 105 cm³/mol. The van der Waals surface area contributed by atoms with Crippen LogP contribution in [0.5, 0.6) is 5.75 Å². The van der Waals surface area contributed by atoms with Crippen LogP contribution in [0.25, 0.3) is 0 Å². The number of aryl methyl sites for hydroxylation is 3. The van der Waals surface area contributed by atoms with Crippen molar-refractivity contribution in [2.24, 2.45) is 0 Å². The van der Waals surface area contributed by atoms with Crippen LogP contribution in [0, 0.1) is 20.8 Å². The summed E-state index contributed by atoms with van der Waals surface area (Å²) in [6.45, 7) is 5.87. The molecule has 0 aromatic heterocycles. The molecular weight excluding hydrogens is 364 g/mol. The predicted octanol–water partition coefficient (Wildman–Crippen LogP) is 2.61. The molecule has 0 saturated heterocycles. The van der Waals surface area contributed by atoms with Crippen molar-refractivity contribution < 1.29 is 17.9 Å². The number of sulfonamides is 1. The number of ether oxygens (including phenoxy) is 1. The van der Waals surface area contributed by atoms with Crippen molar-refractivity contribution >= 4 is 15.9 Å². The first-order valence-electron chi connectivity index (χ1n) is 8.70. The molecule has 27 heavy (non-hydrogen) atoms. The third-order valence-electron chi connectivity index (χ3n) is 4.14. The summed E-state index contributed by atoms with van der Waals surface area (Å²) in [5, 5.41) is 2.78. The van der Waals surface area contributed by atoms with Crippen LogP contribution in [-0.4, -0.2) is 28.0 Å². The molecule has 2 rings (SSSR count). The van der Waals surface area contributed by atoms with Crippen LogP contribution in [0.4, 0.5) is 0 Å². The van der Waals surface area contributed by atoms with Crippen LogP contribution in [0.3, 0.4) is 0 Å². The third-order valence-corrected chi connectivity index (χ3v) is 5.91. The highest BCUT2D eigenvalue weighted by Gasteiger charge is 2.19. The van der Waals surface area contributed by atoms with Crippen molar-refractivity contribution in [2.75, 3.05) is 13.7 Å². The molecule has 0 atom stereocenters. The molecule has 146 valence electrons. The lowest BCUT2D eigenvalue weighted by Crippen LogP contribution is -2.31. The molecule has 0 saturated carbocycles. The Hall–Kier alpha value is -2.38. The zero-order valence-electron chi connectivity index (χ0n) is 16.1. The van der Waals surface area contributed by atoms with E-state index in [0.29, 0.717) is 17.7 Å². The summed E-state index contributed by atoms with van der Waals surface area (Å²) >= 11 is 0. The van der Waals surface area contributed by atoms with Crippen molar-refractivity contribution in [3.8, 4) is 5.75 Å². The van der Waals surface area contributed by atoms with Gasteiger partial charge in [-0.2, -0.15) is 0 Å². The largest absolute Gasteiger partial charge is 0.497 e. The highest BCUT2D eigenvalue weighted by molar-refractivity contribution is 7.89. The molecule has 0 spiro atoms. The van der Waals surface area contributed by atoms with Crippen LogP contribution in [0.15, 0.2) is 41.3 Å². The normalized spacial score (nSPS) is 11.3. The minimum absolute atomic E-state index is 0.0407. The molecule has 0 bridgehead atoms. The maximum atomic E-state index is 12.6. The lowest BCUT2D eigenvalue weighted by molar-refractivity contribution is -0.121. The second-order valence-corrected chi connectivity index (χ2v) is 8.21. The third kappa shape index (κ3) is 5.80. The molecule has 7 heteroatoms. The number of nitrogens with one attached hydrogen (secondary N) is 2. The van der Waals surface area contributed by atoms with E-state index in [1.54, 1.807) is 21.0 Å². The monoisotopic (exact) mass is 390 g/mol. The van der Waals surface area contributed by atoms with Gasteiger partial charge in [0.2, 0.25) is 15.9 Å². The van der Waals surface area contributed by atoms with E-state index >= 15 is 0 Å². The molecule has 2 aromatic carbocycles. The molecule has 0 aliphatic carbocycles.